The summed E-state index contributed by atoms with van der Waals surface area (Å²) in [6, 6.07) is 2.85. The summed E-state index contributed by atoms with van der Waals surface area (Å²) in [5.41, 5.74) is 0. The van der Waals surface area contributed by atoms with Gasteiger partial charge in [0.2, 0.25) is 11.6 Å². The van der Waals surface area contributed by atoms with Gasteiger partial charge in [0.15, 0.2) is 11.5 Å². The van der Waals surface area contributed by atoms with Crippen molar-refractivity contribution in [1.82, 2.24) is 0 Å². The summed E-state index contributed by atoms with van der Waals surface area (Å²) in [5, 5.41) is 0. The molecule has 1 saturated carbocycles. The quantitative estimate of drug-likeness (QED) is 0.302. The maximum atomic E-state index is 14.0. The number of allylic oxidation sites excluding steroid dienone is 1. The maximum Gasteiger partial charge on any atom is 0.204 e. The zero-order valence-corrected chi connectivity index (χ0v) is 16.8. The minimum absolute atomic E-state index is 0.0621. The van der Waals surface area contributed by atoms with Crippen molar-refractivity contribution in [3.63, 3.8) is 0 Å². The van der Waals surface area contributed by atoms with Crippen molar-refractivity contribution in [1.29, 1.82) is 0 Å². The van der Waals surface area contributed by atoms with Crippen LogP contribution in [0.15, 0.2) is 24.3 Å². The SMILES string of the molecule is CCCCC[C@H]1CC[C@H](/C=C/COc2ccc(OCCC)c(F)c2F)CC1. The van der Waals surface area contributed by atoms with Crippen molar-refractivity contribution < 1.29 is 18.3 Å². The van der Waals surface area contributed by atoms with Gasteiger partial charge < -0.3 is 9.47 Å². The lowest BCUT2D eigenvalue weighted by molar-refractivity contribution is 0.283. The van der Waals surface area contributed by atoms with E-state index in [1.807, 2.05) is 13.0 Å². The van der Waals surface area contributed by atoms with Gasteiger partial charge in [0, 0.05) is 0 Å². The van der Waals surface area contributed by atoms with E-state index in [1.165, 1.54) is 63.5 Å². The summed E-state index contributed by atoms with van der Waals surface area (Å²) in [5.74, 6) is -0.616. The molecule has 2 nitrogen and oxygen atoms in total. The van der Waals surface area contributed by atoms with Crippen LogP contribution in [-0.2, 0) is 0 Å². The maximum absolute atomic E-state index is 14.0. The summed E-state index contributed by atoms with van der Waals surface area (Å²) in [6.07, 6.45) is 15.3. The van der Waals surface area contributed by atoms with E-state index in [0.29, 0.717) is 12.5 Å². The van der Waals surface area contributed by atoms with Gasteiger partial charge in [0.1, 0.15) is 6.61 Å². The first-order valence-corrected chi connectivity index (χ1v) is 10.6. The van der Waals surface area contributed by atoms with Crippen molar-refractivity contribution >= 4 is 0 Å². The molecule has 2 rings (SSSR count). The lowest BCUT2D eigenvalue weighted by atomic mass is 9.79. The fourth-order valence-corrected chi connectivity index (χ4v) is 3.69. The third-order valence-electron chi connectivity index (χ3n) is 5.32. The van der Waals surface area contributed by atoms with Crippen molar-refractivity contribution in [3.05, 3.63) is 35.9 Å². The van der Waals surface area contributed by atoms with E-state index < -0.39 is 11.6 Å². The average Bonchev–Trinajstić information content (AvgIpc) is 2.69. The third kappa shape index (κ3) is 7.15. The highest BCUT2D eigenvalue weighted by molar-refractivity contribution is 5.35. The summed E-state index contributed by atoms with van der Waals surface area (Å²) >= 11 is 0. The molecule has 1 aromatic carbocycles. The minimum atomic E-state index is -0.982. The first-order valence-electron chi connectivity index (χ1n) is 10.6. The normalized spacial score (nSPS) is 20.1. The summed E-state index contributed by atoms with van der Waals surface area (Å²) < 4.78 is 38.6. The Morgan fingerprint density at radius 1 is 0.926 bits per heavy atom. The highest BCUT2D eigenvalue weighted by atomic mass is 19.2. The molecule has 27 heavy (non-hydrogen) atoms. The van der Waals surface area contributed by atoms with E-state index in [4.69, 9.17) is 9.47 Å². The van der Waals surface area contributed by atoms with Gasteiger partial charge in [-0.25, -0.2) is 0 Å². The lowest BCUT2D eigenvalue weighted by Gasteiger charge is -2.26. The minimum Gasteiger partial charge on any atom is -0.490 e. The van der Waals surface area contributed by atoms with E-state index >= 15 is 0 Å². The van der Waals surface area contributed by atoms with E-state index in [-0.39, 0.29) is 18.1 Å². The van der Waals surface area contributed by atoms with Gasteiger partial charge in [-0.2, -0.15) is 8.78 Å². The Labute approximate surface area is 162 Å². The summed E-state index contributed by atoms with van der Waals surface area (Å²) in [4.78, 5) is 0. The Bertz CT molecular complexity index is 578. The second kappa shape index (κ2) is 12.0. The molecule has 1 aliphatic carbocycles. The molecule has 1 fully saturated rings. The van der Waals surface area contributed by atoms with Crippen LogP contribution in [-0.4, -0.2) is 13.2 Å². The molecule has 0 spiro atoms. The van der Waals surface area contributed by atoms with Gasteiger partial charge >= 0.3 is 0 Å². The van der Waals surface area contributed by atoms with Gasteiger partial charge in [-0.15, -0.1) is 0 Å². The number of unbranched alkanes of at least 4 members (excludes halogenated alkanes) is 2. The molecule has 0 unspecified atom stereocenters. The standard InChI is InChI=1S/C23H34F2O2/c1-3-5-6-8-18-10-12-19(13-11-18)9-7-17-27-21-15-14-20(26-16-4-2)22(24)23(21)25/h7,9,14-15,18-19H,3-6,8,10-13,16-17H2,1-2H3/b9-7+/t18-,19-. The molecule has 0 amide bonds. The Hall–Kier alpha value is -1.58. The lowest BCUT2D eigenvalue weighted by Crippen LogP contribution is -2.13. The van der Waals surface area contributed by atoms with Crippen molar-refractivity contribution in [2.24, 2.45) is 11.8 Å². The highest BCUT2D eigenvalue weighted by Crippen LogP contribution is 2.33. The molecule has 0 aliphatic heterocycles. The van der Waals surface area contributed by atoms with Gasteiger partial charge in [-0.05, 0) is 56.1 Å². The fraction of sp³-hybridized carbons (Fsp3) is 0.652. The molecule has 1 aliphatic rings. The van der Waals surface area contributed by atoms with Crippen LogP contribution in [0.25, 0.3) is 0 Å². The Morgan fingerprint density at radius 3 is 2.22 bits per heavy atom. The van der Waals surface area contributed by atoms with Gasteiger partial charge in [-0.1, -0.05) is 51.7 Å². The molecule has 1 aromatic rings. The molecule has 0 N–H and O–H groups in total. The monoisotopic (exact) mass is 380 g/mol. The van der Waals surface area contributed by atoms with Crippen molar-refractivity contribution in [2.75, 3.05) is 13.2 Å². The Balaban J connectivity index is 1.72. The van der Waals surface area contributed by atoms with Crippen LogP contribution >= 0.6 is 0 Å². The molecule has 152 valence electrons. The van der Waals surface area contributed by atoms with Crippen molar-refractivity contribution in [3.8, 4) is 11.5 Å². The van der Waals surface area contributed by atoms with E-state index in [9.17, 15) is 8.78 Å². The number of hydrogen-bond acceptors (Lipinski definition) is 2. The predicted octanol–water partition coefficient (Wildman–Crippen LogP) is 7.08. The fourth-order valence-electron chi connectivity index (χ4n) is 3.69. The molecule has 0 atom stereocenters. The van der Waals surface area contributed by atoms with Crippen LogP contribution in [0, 0.1) is 23.5 Å². The first-order chi connectivity index (χ1) is 13.2. The third-order valence-corrected chi connectivity index (χ3v) is 5.32. The number of hydrogen-bond donors (Lipinski definition) is 0. The molecule has 0 heterocycles. The topological polar surface area (TPSA) is 18.5 Å². The van der Waals surface area contributed by atoms with Crippen molar-refractivity contribution in [2.45, 2.75) is 71.6 Å². The summed E-state index contributed by atoms with van der Waals surface area (Å²) in [7, 11) is 0. The Morgan fingerprint density at radius 2 is 1.59 bits per heavy atom. The molecule has 4 heteroatoms. The number of ether oxygens (including phenoxy) is 2. The van der Waals surface area contributed by atoms with Crippen LogP contribution in [0.3, 0.4) is 0 Å². The largest absolute Gasteiger partial charge is 0.490 e. The van der Waals surface area contributed by atoms with Crippen LogP contribution < -0.4 is 9.47 Å². The molecule has 0 aromatic heterocycles. The van der Waals surface area contributed by atoms with E-state index in [1.54, 1.807) is 0 Å². The highest BCUT2D eigenvalue weighted by Gasteiger charge is 2.19. The summed E-state index contributed by atoms with van der Waals surface area (Å²) in [6.45, 7) is 4.78. The zero-order valence-electron chi connectivity index (χ0n) is 16.8. The molecular formula is C23H34F2O2. The zero-order chi connectivity index (χ0) is 19.5. The molecular weight excluding hydrogens is 346 g/mol. The number of benzene rings is 1. The van der Waals surface area contributed by atoms with Crippen LogP contribution in [0.1, 0.15) is 71.6 Å². The van der Waals surface area contributed by atoms with Crippen LogP contribution in [0.5, 0.6) is 11.5 Å². The average molecular weight is 381 g/mol. The molecule has 0 radical (unpaired) electrons. The predicted molar refractivity (Wildman–Crippen MR) is 106 cm³/mol. The number of rotatable bonds is 11. The van der Waals surface area contributed by atoms with Crippen LogP contribution in [0.4, 0.5) is 8.78 Å². The molecule has 0 bridgehead atoms. The van der Waals surface area contributed by atoms with E-state index in [2.05, 4.69) is 13.0 Å². The van der Waals surface area contributed by atoms with Gasteiger partial charge in [0.25, 0.3) is 0 Å². The van der Waals surface area contributed by atoms with Crippen LogP contribution in [0.2, 0.25) is 0 Å². The smallest absolute Gasteiger partial charge is 0.204 e. The Kier molecular flexibility index (Phi) is 9.65. The first kappa shape index (κ1) is 21.7. The van der Waals surface area contributed by atoms with Gasteiger partial charge in [-0.3, -0.25) is 0 Å². The number of halogens is 2. The van der Waals surface area contributed by atoms with Gasteiger partial charge in [0.05, 0.1) is 6.61 Å². The molecule has 0 saturated heterocycles. The second-order valence-electron chi connectivity index (χ2n) is 7.55. The second-order valence-corrected chi connectivity index (χ2v) is 7.55. The van der Waals surface area contributed by atoms with E-state index in [0.717, 1.165) is 12.3 Å².